The van der Waals surface area contributed by atoms with Crippen LogP contribution in [0.15, 0.2) is 61.2 Å². The summed E-state index contributed by atoms with van der Waals surface area (Å²) in [4.78, 5) is 7.37. The summed E-state index contributed by atoms with van der Waals surface area (Å²) in [5.74, 6) is -1.56. The fourth-order valence-electron chi connectivity index (χ4n) is 6.34. The van der Waals surface area contributed by atoms with E-state index in [0.29, 0.717) is 27.3 Å². The van der Waals surface area contributed by atoms with Crippen molar-refractivity contribution in [2.24, 2.45) is 21.1 Å². The number of alkyl halides is 9. The lowest BCUT2D eigenvalue weighted by atomic mass is 10.1. The first-order valence-corrected chi connectivity index (χ1v) is 16.6. The highest BCUT2D eigenvalue weighted by Gasteiger charge is 2.37. The molecule has 0 aliphatic rings. The molecule has 3 aromatic carbocycles. The van der Waals surface area contributed by atoms with Gasteiger partial charge < -0.3 is 39.7 Å². The summed E-state index contributed by atoms with van der Waals surface area (Å²) >= 11 is 0. The van der Waals surface area contributed by atoms with Gasteiger partial charge in [0.15, 0.2) is 11.6 Å². The highest BCUT2D eigenvalue weighted by atomic mass is 19.4. The molecule has 10 nitrogen and oxygen atoms in total. The first-order valence-electron chi connectivity index (χ1n) is 16.6. The molecular formula is C38H36F9N7O3. The lowest BCUT2D eigenvalue weighted by Gasteiger charge is -2.15. The van der Waals surface area contributed by atoms with Crippen LogP contribution in [0.4, 0.5) is 51.3 Å². The Balaban J connectivity index is 0.000000168. The van der Waals surface area contributed by atoms with Crippen LogP contribution in [0, 0.1) is 20.8 Å². The number of aromatic hydroxyl groups is 1. The van der Waals surface area contributed by atoms with E-state index in [1.807, 2.05) is 6.92 Å². The Morgan fingerprint density at radius 1 is 0.579 bits per heavy atom. The molecule has 19 heteroatoms. The van der Waals surface area contributed by atoms with Gasteiger partial charge in [-0.1, -0.05) is 0 Å². The second kappa shape index (κ2) is 15.0. The van der Waals surface area contributed by atoms with Gasteiger partial charge in [-0.25, -0.2) is 4.98 Å². The van der Waals surface area contributed by atoms with Crippen molar-refractivity contribution in [2.45, 2.75) is 39.3 Å². The molecule has 0 spiro atoms. The molecule has 0 saturated carbocycles. The van der Waals surface area contributed by atoms with Crippen LogP contribution in [0.1, 0.15) is 33.4 Å². The summed E-state index contributed by atoms with van der Waals surface area (Å²) < 4.78 is 131. The molecule has 0 atom stereocenters. The number of benzene rings is 3. The normalized spacial score (nSPS) is 12.1. The van der Waals surface area contributed by atoms with Crippen molar-refractivity contribution in [3.63, 3.8) is 0 Å². The molecule has 5 N–H and O–H groups in total. The van der Waals surface area contributed by atoms with Crippen LogP contribution in [-0.2, 0) is 39.7 Å². The number of anilines is 2. The second-order valence-corrected chi connectivity index (χ2v) is 13.2. The first-order chi connectivity index (χ1) is 26.3. The molecule has 0 fully saturated rings. The van der Waals surface area contributed by atoms with Gasteiger partial charge >= 0.3 is 18.5 Å². The van der Waals surface area contributed by atoms with Crippen molar-refractivity contribution in [1.82, 2.24) is 23.7 Å². The van der Waals surface area contributed by atoms with E-state index in [-0.39, 0.29) is 29.0 Å². The molecule has 4 heterocycles. The van der Waals surface area contributed by atoms with Crippen molar-refractivity contribution >= 4 is 44.5 Å². The molecule has 0 amide bonds. The molecule has 7 aromatic rings. The summed E-state index contributed by atoms with van der Waals surface area (Å²) in [7, 11) is 6.32. The number of ether oxygens (including phenoxy) is 2. The van der Waals surface area contributed by atoms with Gasteiger partial charge in [0.1, 0.15) is 22.8 Å². The summed E-state index contributed by atoms with van der Waals surface area (Å²) in [6.07, 6.45) is -7.12. The minimum atomic E-state index is -4.59. The van der Waals surface area contributed by atoms with Gasteiger partial charge in [-0.05, 0) is 73.9 Å². The van der Waals surface area contributed by atoms with Crippen LogP contribution in [0.5, 0.6) is 23.0 Å². The molecule has 7 rings (SSSR count). The van der Waals surface area contributed by atoms with Crippen LogP contribution in [0.2, 0.25) is 0 Å². The van der Waals surface area contributed by atoms with E-state index in [1.54, 1.807) is 67.3 Å². The minimum Gasteiger partial charge on any atom is -0.507 e. The summed E-state index contributed by atoms with van der Waals surface area (Å²) in [6, 6.07) is 7.08. The van der Waals surface area contributed by atoms with E-state index in [1.165, 1.54) is 19.2 Å². The fraction of sp³-hybridized carbons (Fsp3) is 0.263. The molecule has 0 bridgehead atoms. The van der Waals surface area contributed by atoms with Crippen molar-refractivity contribution in [1.29, 1.82) is 0 Å². The highest BCUT2D eigenvalue weighted by molar-refractivity contribution is 5.88. The van der Waals surface area contributed by atoms with E-state index >= 15 is 0 Å². The lowest BCUT2D eigenvalue weighted by Crippen LogP contribution is -2.09. The van der Waals surface area contributed by atoms with Crippen molar-refractivity contribution in [2.75, 3.05) is 18.6 Å². The molecule has 4 aromatic heterocycles. The molecule has 0 aliphatic carbocycles. The van der Waals surface area contributed by atoms with Crippen LogP contribution >= 0.6 is 0 Å². The van der Waals surface area contributed by atoms with Crippen LogP contribution in [0.3, 0.4) is 0 Å². The summed E-state index contributed by atoms with van der Waals surface area (Å²) in [5, 5.41) is 11.4. The number of aryl methyl sites for hydroxylation is 6. The Hall–Kier alpha value is -6.27. The van der Waals surface area contributed by atoms with Gasteiger partial charge in [-0.2, -0.15) is 44.5 Å². The second-order valence-electron chi connectivity index (χ2n) is 13.2. The number of halogens is 9. The number of nitrogens with zero attached hydrogens (tertiary/aromatic N) is 5. The van der Waals surface area contributed by atoms with Crippen LogP contribution in [0.25, 0.3) is 32.7 Å². The molecule has 0 unspecified atom stereocenters. The average molecular weight is 810 g/mol. The smallest absolute Gasteiger partial charge is 0.420 e. The Kier molecular flexibility index (Phi) is 11.0. The minimum absolute atomic E-state index is 0.0924. The predicted octanol–water partition coefficient (Wildman–Crippen LogP) is 9.98. The zero-order chi connectivity index (χ0) is 42.5. The van der Waals surface area contributed by atoms with Gasteiger partial charge in [0.05, 0.1) is 24.4 Å². The van der Waals surface area contributed by atoms with Crippen LogP contribution in [-0.4, -0.2) is 35.9 Å². The van der Waals surface area contributed by atoms with Gasteiger partial charge in [0.2, 0.25) is 5.95 Å². The number of nitrogen functional groups attached to an aromatic ring is 2. The van der Waals surface area contributed by atoms with E-state index < -0.39 is 41.0 Å². The lowest BCUT2D eigenvalue weighted by molar-refractivity contribution is -0.139. The van der Waals surface area contributed by atoms with Gasteiger partial charge in [0.25, 0.3) is 0 Å². The fourth-order valence-corrected chi connectivity index (χ4v) is 6.34. The number of methoxy groups -OCH3 is 1. The van der Waals surface area contributed by atoms with E-state index in [0.717, 1.165) is 52.5 Å². The Labute approximate surface area is 318 Å². The quantitative estimate of drug-likeness (QED) is 0.152. The van der Waals surface area contributed by atoms with E-state index in [2.05, 4.69) is 9.97 Å². The summed E-state index contributed by atoms with van der Waals surface area (Å²) in [5.41, 5.74) is 12.4. The van der Waals surface area contributed by atoms with E-state index in [9.17, 15) is 44.6 Å². The van der Waals surface area contributed by atoms with E-state index in [4.69, 9.17) is 20.9 Å². The van der Waals surface area contributed by atoms with Crippen molar-refractivity contribution < 1.29 is 54.1 Å². The molecule has 0 saturated heterocycles. The average Bonchev–Trinajstić information content (AvgIpc) is 3.66. The number of hydrogen-bond acceptors (Lipinski definition) is 7. The van der Waals surface area contributed by atoms with Gasteiger partial charge in [-0.15, -0.1) is 0 Å². The standard InChI is InChI=1S/C15H14F3N5O.C12H12F3NO.C11H10F3NO/c1-7-6-23(2)10-4-9(15(16,17)18)11(3-8(7)10)24-12-5-21-14(20)22-13(12)19;1-7-6-16(2)10-5-9(12(13,14)15)11(17-3)4-8(7)10;1-6-5-15(2)9-4-8(11(12,13)14)10(16)3-7(6)9/h3-6H,1-2H3,(H4,19,20,21,22);4-6H,1-3H3;3-5,16H,1-2H3. The predicted molar refractivity (Wildman–Crippen MR) is 197 cm³/mol. The van der Waals surface area contributed by atoms with Crippen molar-refractivity contribution in [3.05, 3.63) is 94.6 Å². The third-order valence-corrected chi connectivity index (χ3v) is 9.04. The molecule has 57 heavy (non-hydrogen) atoms. The third kappa shape index (κ3) is 8.61. The Bertz CT molecular complexity index is 2620. The SMILES string of the molecule is COc1cc2c(C)cn(C)c2cc1C(F)(F)F.Cc1cn(C)c2cc(C(F)(F)F)c(O)cc12.Cc1cn(C)c2cc(C(F)(F)F)c(Oc3cnc(N)nc3N)cc12. The number of fused-ring (bicyclic) bond motifs is 3. The maximum Gasteiger partial charge on any atom is 0.420 e. The number of phenolic OH excluding ortho intramolecular Hbond substituents is 1. The Morgan fingerprint density at radius 2 is 0.965 bits per heavy atom. The molecule has 0 radical (unpaired) electrons. The zero-order valence-corrected chi connectivity index (χ0v) is 31.3. The van der Waals surface area contributed by atoms with Gasteiger partial charge in [0, 0.05) is 72.4 Å². The number of hydrogen-bond donors (Lipinski definition) is 3. The molecular weight excluding hydrogens is 773 g/mol. The largest absolute Gasteiger partial charge is 0.507 e. The maximum absolute atomic E-state index is 13.4. The van der Waals surface area contributed by atoms with Crippen molar-refractivity contribution in [3.8, 4) is 23.0 Å². The van der Waals surface area contributed by atoms with Gasteiger partial charge in [-0.3, -0.25) is 0 Å². The third-order valence-electron chi connectivity index (χ3n) is 9.04. The number of nitrogens with two attached hydrogens (primary N) is 2. The topological polar surface area (TPSA) is 131 Å². The Morgan fingerprint density at radius 3 is 1.37 bits per heavy atom. The molecule has 0 aliphatic heterocycles. The highest BCUT2D eigenvalue weighted by Crippen LogP contribution is 2.43. The summed E-state index contributed by atoms with van der Waals surface area (Å²) in [6.45, 7) is 5.45. The zero-order valence-electron chi connectivity index (χ0n) is 31.3. The monoisotopic (exact) mass is 809 g/mol. The number of rotatable bonds is 3. The maximum atomic E-state index is 13.4. The molecule has 304 valence electrons. The number of phenols is 1. The number of aromatic nitrogens is 5. The van der Waals surface area contributed by atoms with Crippen LogP contribution < -0.4 is 20.9 Å². The first kappa shape index (κ1) is 41.9.